The summed E-state index contributed by atoms with van der Waals surface area (Å²) in [6.07, 6.45) is -0.695. The Morgan fingerprint density at radius 3 is 2.14 bits per heavy atom. The predicted molar refractivity (Wildman–Crippen MR) is 177 cm³/mol. The number of amides is 6. The molecule has 6 amide bonds. The summed E-state index contributed by atoms with van der Waals surface area (Å²) in [5, 5.41) is 38.1. The summed E-state index contributed by atoms with van der Waals surface area (Å²) in [4.78, 5) is 86.1. The van der Waals surface area contributed by atoms with Crippen molar-refractivity contribution in [2.45, 2.75) is 95.3 Å². The van der Waals surface area contributed by atoms with Gasteiger partial charge in [0.1, 0.15) is 30.2 Å². The zero-order valence-electron chi connectivity index (χ0n) is 29.4. The number of likely N-dealkylation sites (N-methyl/N-ethyl adjacent to an activating group) is 2. The average molecular weight is 703 g/mol. The van der Waals surface area contributed by atoms with Crippen molar-refractivity contribution in [2.24, 2.45) is 5.92 Å². The highest BCUT2D eigenvalue weighted by Crippen LogP contribution is 2.26. The normalized spacial score (nSPS) is 28.7. The molecule has 276 valence electrons. The van der Waals surface area contributed by atoms with Crippen molar-refractivity contribution < 1.29 is 44.2 Å². The van der Waals surface area contributed by atoms with Crippen molar-refractivity contribution in [3.8, 4) is 0 Å². The molecule has 3 fully saturated rings. The highest BCUT2D eigenvalue weighted by molar-refractivity contribution is 5.97. The predicted octanol–water partition coefficient (Wildman–Crippen LogP) is -2.01. The number of benzene rings is 1. The molecule has 0 bridgehead atoms. The van der Waals surface area contributed by atoms with Gasteiger partial charge in [-0.1, -0.05) is 44.2 Å². The van der Waals surface area contributed by atoms with Crippen LogP contribution in [0.15, 0.2) is 30.3 Å². The number of hydrazine groups is 2. The van der Waals surface area contributed by atoms with Gasteiger partial charge in [-0.3, -0.25) is 44.0 Å². The summed E-state index contributed by atoms with van der Waals surface area (Å²) < 4.78 is 0. The van der Waals surface area contributed by atoms with E-state index in [0.29, 0.717) is 18.5 Å². The Morgan fingerprint density at radius 2 is 1.52 bits per heavy atom. The van der Waals surface area contributed by atoms with Gasteiger partial charge < -0.3 is 25.3 Å². The van der Waals surface area contributed by atoms with Crippen LogP contribution in [0.2, 0.25) is 0 Å². The average Bonchev–Trinajstić information content (AvgIpc) is 3.06. The van der Waals surface area contributed by atoms with E-state index in [1.807, 2.05) is 0 Å². The minimum absolute atomic E-state index is 0.0631. The lowest BCUT2D eigenvalue weighted by Gasteiger charge is -2.46. The molecule has 0 aliphatic carbocycles. The summed E-state index contributed by atoms with van der Waals surface area (Å²) in [5.74, 6) is -5.51. The molecule has 17 nitrogen and oxygen atoms in total. The van der Waals surface area contributed by atoms with Crippen molar-refractivity contribution >= 4 is 35.4 Å². The lowest BCUT2D eigenvalue weighted by molar-refractivity contribution is -0.193. The van der Waals surface area contributed by atoms with Gasteiger partial charge in [-0.2, -0.15) is 0 Å². The number of β-amino-alcohol motifs (C(OH)–C–C–N with tert-alkyl or cyclic N) is 1. The number of aliphatic hydroxyl groups excluding tert-OH is 1. The van der Waals surface area contributed by atoms with Gasteiger partial charge in [-0.25, -0.2) is 15.9 Å². The number of aliphatic hydroxyl groups is 2. The molecule has 6 N–H and O–H groups in total. The number of fused-ring (bicyclic) bond motifs is 2. The Balaban J connectivity index is 1.83. The van der Waals surface area contributed by atoms with E-state index in [1.165, 1.54) is 27.9 Å². The Morgan fingerprint density at radius 1 is 0.880 bits per heavy atom. The van der Waals surface area contributed by atoms with Gasteiger partial charge in [0.15, 0.2) is 0 Å². The van der Waals surface area contributed by atoms with Crippen molar-refractivity contribution in [3.05, 3.63) is 35.9 Å². The van der Waals surface area contributed by atoms with Crippen LogP contribution in [0.4, 0.5) is 0 Å². The molecule has 50 heavy (non-hydrogen) atoms. The first-order valence-corrected chi connectivity index (χ1v) is 16.8. The van der Waals surface area contributed by atoms with Crippen LogP contribution in [-0.4, -0.2) is 151 Å². The number of carbonyl (C=O) groups is 6. The molecule has 0 radical (unpaired) electrons. The van der Waals surface area contributed by atoms with Crippen LogP contribution in [0.3, 0.4) is 0 Å². The zero-order chi connectivity index (χ0) is 37.1. The van der Waals surface area contributed by atoms with E-state index in [0.717, 1.165) is 19.8 Å². The Kier molecular flexibility index (Phi) is 12.2. The van der Waals surface area contributed by atoms with Crippen LogP contribution in [0.25, 0.3) is 0 Å². The van der Waals surface area contributed by atoms with E-state index in [4.69, 9.17) is 0 Å². The molecule has 3 saturated heterocycles. The number of rotatable bonds is 4. The molecule has 1 aromatic rings. The Hall–Kier alpha value is -4.16. The van der Waals surface area contributed by atoms with Gasteiger partial charge in [-0.15, -0.1) is 0 Å². The maximum atomic E-state index is 14.3. The van der Waals surface area contributed by atoms with Crippen LogP contribution in [-0.2, 0) is 35.2 Å². The first kappa shape index (κ1) is 38.6. The molecular formula is C33H50N8O9. The monoisotopic (exact) mass is 702 g/mol. The Bertz CT molecular complexity index is 1440. The van der Waals surface area contributed by atoms with Crippen LogP contribution < -0.4 is 16.2 Å². The van der Waals surface area contributed by atoms with E-state index in [-0.39, 0.29) is 30.9 Å². The number of nitrogens with one attached hydrogen (secondary N) is 3. The first-order valence-electron chi connectivity index (χ1n) is 16.8. The van der Waals surface area contributed by atoms with Crippen LogP contribution in [0.1, 0.15) is 52.5 Å². The summed E-state index contributed by atoms with van der Waals surface area (Å²) in [5.41, 5.74) is 4.44. The van der Waals surface area contributed by atoms with Crippen molar-refractivity contribution in [1.82, 2.24) is 41.0 Å². The summed E-state index contributed by atoms with van der Waals surface area (Å²) >= 11 is 0. The maximum Gasteiger partial charge on any atom is 0.269 e. The second kappa shape index (κ2) is 15.8. The topological polar surface area (TPSA) is 215 Å². The van der Waals surface area contributed by atoms with E-state index >= 15 is 0 Å². The molecule has 17 heteroatoms. The molecule has 4 rings (SSSR count). The van der Waals surface area contributed by atoms with E-state index in [1.54, 1.807) is 44.2 Å². The quantitative estimate of drug-likeness (QED) is 0.189. The molecule has 0 aromatic heterocycles. The molecule has 3 aliphatic heterocycles. The van der Waals surface area contributed by atoms with Gasteiger partial charge >= 0.3 is 0 Å². The highest BCUT2D eigenvalue weighted by Gasteiger charge is 2.49. The fourth-order valence-corrected chi connectivity index (χ4v) is 6.79. The fraction of sp³-hybridized carbons (Fsp3) is 0.636. The van der Waals surface area contributed by atoms with E-state index in [9.17, 15) is 44.2 Å². The summed E-state index contributed by atoms with van der Waals surface area (Å²) in [7, 11) is 2.62. The zero-order valence-corrected chi connectivity index (χ0v) is 29.4. The standard InChI is InChI=1S/C33H50N8O9/c1-19(2)26-31(47)39-23(13-10-14-34-39)30(46)38(6)27(33(3,4)49)32(48)40-24(16-21(42)17-35-40)29(45)37(5)18-25(43)36-22(28(44)41(26)50)15-20-11-8-7-9-12-20/h7-9,11-12,19,21-24,26-27,34-35,42,49-50H,10,13-18H2,1-6H3,(H,36,43)/t21-,22-,23-,24-,26+,27-/m1/s1. The van der Waals surface area contributed by atoms with Gasteiger partial charge in [0.2, 0.25) is 17.7 Å². The van der Waals surface area contributed by atoms with Gasteiger partial charge in [0.05, 0.1) is 18.2 Å². The second-order valence-corrected chi connectivity index (χ2v) is 14.1. The van der Waals surface area contributed by atoms with Crippen molar-refractivity contribution in [3.63, 3.8) is 0 Å². The Labute approximate surface area is 291 Å². The SMILES string of the molecule is CC(C)[C@H]1C(=O)N2NCCC[C@@H]2C(=O)N(C)[C@@H](C(C)(C)O)C(=O)N2NC[C@H](O)C[C@@H]2C(=O)N(C)CC(=O)N[C@H](Cc2ccccc2)C(=O)N1O. The largest absolute Gasteiger partial charge is 0.392 e. The number of hydrogen-bond acceptors (Lipinski definition) is 11. The minimum atomic E-state index is -1.86. The van der Waals surface area contributed by atoms with Crippen molar-refractivity contribution in [2.75, 3.05) is 33.7 Å². The molecule has 3 heterocycles. The van der Waals surface area contributed by atoms with Crippen LogP contribution in [0, 0.1) is 5.92 Å². The third-order valence-electron chi connectivity index (χ3n) is 9.28. The lowest BCUT2D eigenvalue weighted by atomic mass is 9.93. The molecule has 0 unspecified atom stereocenters. The van der Waals surface area contributed by atoms with Crippen LogP contribution in [0.5, 0.6) is 0 Å². The minimum Gasteiger partial charge on any atom is -0.392 e. The smallest absolute Gasteiger partial charge is 0.269 e. The van der Waals surface area contributed by atoms with Gasteiger partial charge in [0, 0.05) is 40.0 Å². The van der Waals surface area contributed by atoms with Crippen molar-refractivity contribution in [1.29, 1.82) is 0 Å². The van der Waals surface area contributed by atoms with Crippen LogP contribution >= 0.6 is 0 Å². The lowest BCUT2D eigenvalue weighted by Crippen LogP contribution is -2.70. The molecular weight excluding hydrogens is 652 g/mol. The number of hydrogen-bond donors (Lipinski definition) is 6. The van der Waals surface area contributed by atoms with E-state index in [2.05, 4.69) is 16.2 Å². The van der Waals surface area contributed by atoms with Gasteiger partial charge in [-0.05, 0) is 38.2 Å². The first-order chi connectivity index (χ1) is 23.4. The van der Waals surface area contributed by atoms with Gasteiger partial charge in [0.25, 0.3) is 17.7 Å². The maximum absolute atomic E-state index is 14.3. The molecule has 1 aromatic carbocycles. The summed E-state index contributed by atoms with van der Waals surface area (Å²) in [6, 6.07) is 1.73. The fourth-order valence-electron chi connectivity index (χ4n) is 6.79. The third kappa shape index (κ3) is 8.40. The van der Waals surface area contributed by atoms with E-state index < -0.39 is 89.8 Å². The molecule has 6 atom stereocenters. The number of carbonyl (C=O) groups excluding carboxylic acids is 6. The number of nitrogens with zero attached hydrogens (tertiary/aromatic N) is 5. The molecule has 0 saturated carbocycles. The molecule has 3 aliphatic rings. The third-order valence-corrected chi connectivity index (χ3v) is 9.28. The number of hydroxylamine groups is 2. The second-order valence-electron chi connectivity index (χ2n) is 14.1. The molecule has 0 spiro atoms. The summed E-state index contributed by atoms with van der Waals surface area (Å²) in [6.45, 7) is 5.50. The highest BCUT2D eigenvalue weighted by atomic mass is 16.5.